The van der Waals surface area contributed by atoms with Gasteiger partial charge in [-0.05, 0) is 37.3 Å². The molecule has 1 aromatic carbocycles. The van der Waals surface area contributed by atoms with Crippen molar-refractivity contribution in [3.63, 3.8) is 0 Å². The van der Waals surface area contributed by atoms with Crippen molar-refractivity contribution in [1.82, 2.24) is 20.1 Å². The molecule has 2 N–H and O–H groups in total. The second-order valence-electron chi connectivity index (χ2n) is 6.48. The van der Waals surface area contributed by atoms with Gasteiger partial charge in [0, 0.05) is 17.8 Å². The second kappa shape index (κ2) is 8.46. The van der Waals surface area contributed by atoms with Gasteiger partial charge in [-0.2, -0.15) is 23.0 Å². The third-order valence-corrected chi connectivity index (χ3v) is 4.16. The first-order valence-electron chi connectivity index (χ1n) is 8.86. The van der Waals surface area contributed by atoms with Crippen molar-refractivity contribution in [2.45, 2.75) is 19.1 Å². The van der Waals surface area contributed by atoms with Crippen LogP contribution < -0.4 is 10.9 Å². The summed E-state index contributed by atoms with van der Waals surface area (Å²) in [4.78, 5) is 28.8. The van der Waals surface area contributed by atoms with Crippen LogP contribution in [0.4, 0.5) is 13.2 Å². The molecular formula is C20H17F3N4O3. The molecule has 30 heavy (non-hydrogen) atoms. The zero-order valence-corrected chi connectivity index (χ0v) is 15.7. The third kappa shape index (κ3) is 4.54. The van der Waals surface area contributed by atoms with E-state index in [4.69, 9.17) is 5.11 Å². The number of alkyl halides is 3. The van der Waals surface area contributed by atoms with E-state index in [9.17, 15) is 22.8 Å². The molecule has 0 unspecified atom stereocenters. The topological polar surface area (TPSA) is 97.1 Å². The van der Waals surface area contributed by atoms with Crippen LogP contribution in [0.15, 0.2) is 59.5 Å². The number of carbonyl (C=O) groups is 1. The Morgan fingerprint density at radius 2 is 1.90 bits per heavy atom. The number of rotatable bonds is 5. The lowest BCUT2D eigenvalue weighted by atomic mass is 10.1. The predicted octanol–water partition coefficient (Wildman–Crippen LogP) is 2.42. The number of aliphatic hydroxyl groups is 1. The van der Waals surface area contributed by atoms with E-state index in [1.54, 1.807) is 37.3 Å². The van der Waals surface area contributed by atoms with E-state index in [2.05, 4.69) is 15.4 Å². The van der Waals surface area contributed by atoms with E-state index in [1.165, 1.54) is 6.07 Å². The highest BCUT2D eigenvalue weighted by atomic mass is 19.4. The Morgan fingerprint density at radius 3 is 2.47 bits per heavy atom. The number of amides is 1. The minimum absolute atomic E-state index is 0.0847. The zero-order valence-electron chi connectivity index (χ0n) is 15.7. The molecule has 156 valence electrons. The van der Waals surface area contributed by atoms with Gasteiger partial charge in [-0.15, -0.1) is 0 Å². The summed E-state index contributed by atoms with van der Waals surface area (Å²) < 4.78 is 39.4. The Morgan fingerprint density at radius 1 is 1.20 bits per heavy atom. The molecule has 0 aliphatic rings. The summed E-state index contributed by atoms with van der Waals surface area (Å²) in [6.45, 7) is 1.22. The fourth-order valence-corrected chi connectivity index (χ4v) is 2.60. The van der Waals surface area contributed by atoms with Gasteiger partial charge >= 0.3 is 6.18 Å². The largest absolute Gasteiger partial charge is 0.433 e. The highest BCUT2D eigenvalue weighted by molar-refractivity contribution is 5.95. The lowest BCUT2D eigenvalue weighted by Crippen LogP contribution is -2.39. The van der Waals surface area contributed by atoms with Gasteiger partial charge in [0.1, 0.15) is 11.3 Å². The van der Waals surface area contributed by atoms with Crippen LogP contribution in [0.3, 0.4) is 0 Å². The molecule has 3 aromatic rings. The Labute approximate surface area is 168 Å². The number of nitrogens with zero attached hydrogens (tertiary/aromatic N) is 3. The molecule has 0 radical (unpaired) electrons. The molecule has 1 amide bonds. The second-order valence-corrected chi connectivity index (χ2v) is 6.48. The van der Waals surface area contributed by atoms with Crippen LogP contribution >= 0.6 is 0 Å². The fourth-order valence-electron chi connectivity index (χ4n) is 2.60. The fraction of sp³-hybridized carbons (Fsp3) is 0.200. The molecule has 0 bridgehead atoms. The summed E-state index contributed by atoms with van der Waals surface area (Å²) in [5, 5.41) is 15.8. The minimum Gasteiger partial charge on any atom is -0.394 e. The maximum absolute atomic E-state index is 12.9. The van der Waals surface area contributed by atoms with E-state index < -0.39 is 29.4 Å². The number of benzene rings is 1. The highest BCUT2D eigenvalue weighted by Crippen LogP contribution is 2.28. The SMILES string of the molecule is C[C@@H](CO)NC(=O)c1cc(-c2ccc(C(F)(F)F)nc2)nn(-c2ccccc2)c1=O. The van der Waals surface area contributed by atoms with Crippen LogP contribution in [0, 0.1) is 0 Å². The van der Waals surface area contributed by atoms with Crippen LogP contribution in [-0.4, -0.2) is 38.4 Å². The van der Waals surface area contributed by atoms with E-state index in [0.29, 0.717) is 5.69 Å². The average Bonchev–Trinajstić information content (AvgIpc) is 2.73. The van der Waals surface area contributed by atoms with Crippen LogP contribution in [0.5, 0.6) is 0 Å². The molecule has 10 heteroatoms. The molecule has 0 fully saturated rings. The van der Waals surface area contributed by atoms with Crippen molar-refractivity contribution in [2.75, 3.05) is 6.61 Å². The average molecular weight is 418 g/mol. The van der Waals surface area contributed by atoms with Crippen molar-refractivity contribution in [1.29, 1.82) is 0 Å². The van der Waals surface area contributed by atoms with Crippen molar-refractivity contribution >= 4 is 5.91 Å². The van der Waals surface area contributed by atoms with Crippen molar-refractivity contribution in [3.05, 3.63) is 76.3 Å². The number of nitrogens with one attached hydrogen (secondary N) is 1. The molecule has 2 heterocycles. The number of hydrogen-bond donors (Lipinski definition) is 2. The summed E-state index contributed by atoms with van der Waals surface area (Å²) in [5.74, 6) is -0.741. The molecule has 0 aliphatic carbocycles. The van der Waals surface area contributed by atoms with Gasteiger partial charge in [-0.1, -0.05) is 18.2 Å². The Kier molecular flexibility index (Phi) is 5.97. The molecule has 0 saturated heterocycles. The number of para-hydroxylation sites is 1. The van der Waals surface area contributed by atoms with Gasteiger partial charge < -0.3 is 10.4 Å². The van der Waals surface area contributed by atoms with Crippen molar-refractivity contribution in [3.8, 4) is 16.9 Å². The molecule has 0 saturated carbocycles. The molecule has 7 nitrogen and oxygen atoms in total. The lowest BCUT2D eigenvalue weighted by molar-refractivity contribution is -0.141. The molecule has 2 aromatic heterocycles. The molecule has 1 atom stereocenters. The first-order valence-corrected chi connectivity index (χ1v) is 8.86. The first-order chi connectivity index (χ1) is 14.2. The predicted molar refractivity (Wildman–Crippen MR) is 102 cm³/mol. The number of aromatic nitrogens is 3. The van der Waals surface area contributed by atoms with Crippen molar-refractivity contribution < 1.29 is 23.1 Å². The van der Waals surface area contributed by atoms with Crippen molar-refractivity contribution in [2.24, 2.45) is 0 Å². The summed E-state index contributed by atoms with van der Waals surface area (Å²) in [6.07, 6.45) is -3.62. The van der Waals surface area contributed by atoms with Gasteiger partial charge in [0.2, 0.25) is 0 Å². The smallest absolute Gasteiger partial charge is 0.394 e. The van der Waals surface area contributed by atoms with E-state index in [0.717, 1.165) is 23.0 Å². The molecule has 0 aliphatic heterocycles. The maximum atomic E-state index is 12.9. The third-order valence-electron chi connectivity index (χ3n) is 4.16. The van der Waals surface area contributed by atoms with Gasteiger partial charge in [0.15, 0.2) is 0 Å². The molecule has 0 spiro atoms. The number of aliphatic hydroxyl groups excluding tert-OH is 1. The Hall–Kier alpha value is -3.53. The van der Waals surface area contributed by atoms with Gasteiger partial charge in [0.25, 0.3) is 11.5 Å². The number of carbonyl (C=O) groups excluding carboxylic acids is 1. The maximum Gasteiger partial charge on any atom is 0.433 e. The van der Waals surface area contributed by atoms with Crippen LogP contribution in [0.1, 0.15) is 23.0 Å². The van der Waals surface area contributed by atoms with Crippen LogP contribution in [0.2, 0.25) is 0 Å². The highest BCUT2D eigenvalue weighted by Gasteiger charge is 2.32. The monoisotopic (exact) mass is 418 g/mol. The quantitative estimate of drug-likeness (QED) is 0.663. The number of halogens is 3. The summed E-state index contributed by atoms with van der Waals surface area (Å²) >= 11 is 0. The molecular weight excluding hydrogens is 401 g/mol. The van der Waals surface area contributed by atoms with E-state index in [-0.39, 0.29) is 23.4 Å². The normalized spacial score (nSPS) is 12.4. The van der Waals surface area contributed by atoms with Crippen LogP contribution in [-0.2, 0) is 6.18 Å². The molecule has 3 rings (SSSR count). The van der Waals surface area contributed by atoms with Gasteiger partial charge in [0.05, 0.1) is 18.0 Å². The Balaban J connectivity index is 2.14. The van der Waals surface area contributed by atoms with Crippen LogP contribution in [0.25, 0.3) is 16.9 Å². The minimum atomic E-state index is -4.60. The standard InChI is InChI=1S/C20H17F3N4O3/c1-12(11-28)25-18(29)15-9-16(13-7-8-17(24-10-13)20(21,22)23)26-27(19(15)30)14-5-3-2-4-6-14/h2-10,12,28H,11H2,1H3,(H,25,29)/t12-/m0/s1. The lowest BCUT2D eigenvalue weighted by Gasteiger charge is -2.13. The zero-order chi connectivity index (χ0) is 21.9. The van der Waals surface area contributed by atoms with Gasteiger partial charge in [-0.3, -0.25) is 14.6 Å². The number of pyridine rings is 1. The van der Waals surface area contributed by atoms with E-state index >= 15 is 0 Å². The summed E-state index contributed by atoms with van der Waals surface area (Å²) in [7, 11) is 0. The van der Waals surface area contributed by atoms with E-state index in [1.807, 2.05) is 0 Å². The Bertz CT molecular complexity index is 1100. The summed E-state index contributed by atoms with van der Waals surface area (Å²) in [6, 6.07) is 10.8. The van der Waals surface area contributed by atoms with Gasteiger partial charge in [-0.25, -0.2) is 0 Å². The summed E-state index contributed by atoms with van der Waals surface area (Å²) in [5.41, 5.74) is -1.42. The number of hydrogen-bond acceptors (Lipinski definition) is 5. The first kappa shape index (κ1) is 21.2.